The second-order valence-corrected chi connectivity index (χ2v) is 6.85. The largest absolute Gasteiger partial charge is 0.495 e. The number of nitrogens with two attached hydrogens (primary N) is 1. The van der Waals surface area contributed by atoms with Crippen LogP contribution in [0, 0.1) is 0 Å². The Kier molecular flexibility index (Phi) is 3.75. The van der Waals surface area contributed by atoms with Gasteiger partial charge in [0.25, 0.3) is 0 Å². The van der Waals surface area contributed by atoms with Crippen LogP contribution in [-0.4, -0.2) is 27.0 Å². The molecule has 1 aliphatic carbocycles. The zero-order valence-electron chi connectivity index (χ0n) is 11.5. The molecule has 1 aliphatic rings. The molecule has 0 spiro atoms. The number of primary sulfonamides is 1. The van der Waals surface area contributed by atoms with Crippen LogP contribution in [0.3, 0.4) is 0 Å². The van der Waals surface area contributed by atoms with Crippen molar-refractivity contribution in [3.63, 3.8) is 0 Å². The fourth-order valence-electron chi connectivity index (χ4n) is 1.93. The monoisotopic (exact) mass is 298 g/mol. The summed E-state index contributed by atoms with van der Waals surface area (Å²) in [5, 5.41) is 8.05. The van der Waals surface area contributed by atoms with Gasteiger partial charge in [-0.1, -0.05) is 6.07 Å². The van der Waals surface area contributed by atoms with Crippen molar-refractivity contribution in [2.24, 2.45) is 5.14 Å². The minimum Gasteiger partial charge on any atom is -0.495 e. The Balaban J connectivity index is 2.18. The molecule has 1 saturated carbocycles. The molecule has 0 bridgehead atoms. The van der Waals surface area contributed by atoms with Crippen LogP contribution in [0.15, 0.2) is 23.1 Å². The molecule has 3 N–H and O–H groups in total. The number of ether oxygens (including phenoxy) is 1. The van der Waals surface area contributed by atoms with E-state index in [0.29, 0.717) is 5.56 Å². The maximum Gasteiger partial charge on any atom is 0.241 e. The first-order valence-electron chi connectivity index (χ1n) is 6.24. The average Bonchev–Trinajstić information content (AvgIpc) is 3.05. The van der Waals surface area contributed by atoms with Gasteiger partial charge in [-0.15, -0.1) is 0 Å². The van der Waals surface area contributed by atoms with Crippen LogP contribution >= 0.6 is 0 Å². The number of benzene rings is 1. The molecule has 0 atom stereocenters. The van der Waals surface area contributed by atoms with E-state index in [1.165, 1.54) is 19.2 Å². The lowest BCUT2D eigenvalue weighted by Gasteiger charge is -2.12. The molecule has 1 aromatic rings. The number of nitrogens with one attached hydrogen (secondary N) is 1. The lowest BCUT2D eigenvalue weighted by Crippen LogP contribution is -2.35. The van der Waals surface area contributed by atoms with E-state index in [4.69, 9.17) is 9.88 Å². The topological polar surface area (TPSA) is 98.5 Å². The molecule has 1 fully saturated rings. The molecule has 0 heterocycles. The first kappa shape index (κ1) is 14.8. The molecule has 7 heteroatoms. The van der Waals surface area contributed by atoms with Crippen LogP contribution in [0.2, 0.25) is 0 Å². The Morgan fingerprint density at radius 3 is 2.60 bits per heavy atom. The number of methoxy groups -OCH3 is 1. The van der Waals surface area contributed by atoms with Crippen molar-refractivity contribution in [1.29, 1.82) is 0 Å². The summed E-state index contributed by atoms with van der Waals surface area (Å²) in [4.78, 5) is 11.8. The first-order chi connectivity index (χ1) is 9.23. The number of amides is 1. The molecule has 0 saturated heterocycles. The highest BCUT2D eigenvalue weighted by molar-refractivity contribution is 7.89. The summed E-state index contributed by atoms with van der Waals surface area (Å²) in [6, 6.07) is 4.53. The molecule has 110 valence electrons. The van der Waals surface area contributed by atoms with Crippen molar-refractivity contribution in [3.8, 4) is 5.75 Å². The SMILES string of the molecule is COc1ccc(CC(=O)NC2(C)CC2)cc1S(N)(=O)=O. The van der Waals surface area contributed by atoms with Crippen molar-refractivity contribution < 1.29 is 17.9 Å². The number of carbonyl (C=O) groups is 1. The normalized spacial score (nSPS) is 16.6. The van der Waals surface area contributed by atoms with Crippen LogP contribution in [0.25, 0.3) is 0 Å². The van der Waals surface area contributed by atoms with Crippen LogP contribution in [0.4, 0.5) is 0 Å². The predicted octanol–water partition coefficient (Wildman–Crippen LogP) is 0.554. The summed E-state index contributed by atoms with van der Waals surface area (Å²) in [6.45, 7) is 1.98. The van der Waals surface area contributed by atoms with Crippen molar-refractivity contribution in [3.05, 3.63) is 23.8 Å². The van der Waals surface area contributed by atoms with E-state index in [1.54, 1.807) is 6.07 Å². The van der Waals surface area contributed by atoms with Crippen molar-refractivity contribution in [2.75, 3.05) is 7.11 Å². The Morgan fingerprint density at radius 2 is 2.10 bits per heavy atom. The van der Waals surface area contributed by atoms with E-state index in [1.807, 2.05) is 6.92 Å². The molecule has 20 heavy (non-hydrogen) atoms. The Bertz CT molecular complexity index is 636. The molecular weight excluding hydrogens is 280 g/mol. The van der Waals surface area contributed by atoms with E-state index in [0.717, 1.165) is 12.8 Å². The fourth-order valence-corrected chi connectivity index (χ4v) is 2.68. The molecule has 1 aromatic carbocycles. The van der Waals surface area contributed by atoms with Gasteiger partial charge in [-0.05, 0) is 37.5 Å². The first-order valence-corrected chi connectivity index (χ1v) is 7.79. The second kappa shape index (κ2) is 5.06. The predicted molar refractivity (Wildman–Crippen MR) is 73.9 cm³/mol. The van der Waals surface area contributed by atoms with Gasteiger partial charge in [0, 0.05) is 5.54 Å². The highest BCUT2D eigenvalue weighted by Gasteiger charge is 2.38. The third-order valence-corrected chi connectivity index (χ3v) is 4.27. The number of carbonyl (C=O) groups excluding carboxylic acids is 1. The lowest BCUT2D eigenvalue weighted by molar-refractivity contribution is -0.121. The zero-order valence-corrected chi connectivity index (χ0v) is 12.3. The van der Waals surface area contributed by atoms with E-state index >= 15 is 0 Å². The number of hydrogen-bond donors (Lipinski definition) is 2. The molecule has 2 rings (SSSR count). The van der Waals surface area contributed by atoms with E-state index in [2.05, 4.69) is 5.32 Å². The lowest BCUT2D eigenvalue weighted by atomic mass is 10.1. The van der Waals surface area contributed by atoms with E-state index in [-0.39, 0.29) is 28.5 Å². The van der Waals surface area contributed by atoms with E-state index in [9.17, 15) is 13.2 Å². The minimum absolute atomic E-state index is 0.0909. The summed E-state index contributed by atoms with van der Waals surface area (Å²) in [5.41, 5.74) is 0.489. The van der Waals surface area contributed by atoms with Gasteiger partial charge in [0.15, 0.2) is 0 Å². The van der Waals surface area contributed by atoms with Gasteiger partial charge < -0.3 is 10.1 Å². The van der Waals surface area contributed by atoms with Crippen LogP contribution in [-0.2, 0) is 21.2 Å². The molecular formula is C13H18N2O4S. The van der Waals surface area contributed by atoms with Gasteiger partial charge in [0.05, 0.1) is 13.5 Å². The summed E-state index contributed by atoms with van der Waals surface area (Å²) >= 11 is 0. The molecule has 1 amide bonds. The van der Waals surface area contributed by atoms with Crippen LogP contribution in [0.1, 0.15) is 25.3 Å². The average molecular weight is 298 g/mol. The maximum absolute atomic E-state index is 11.9. The molecule has 0 aromatic heterocycles. The molecule has 6 nitrogen and oxygen atoms in total. The molecule has 0 radical (unpaired) electrons. The van der Waals surface area contributed by atoms with Gasteiger partial charge in [-0.2, -0.15) is 0 Å². The fraction of sp³-hybridized carbons (Fsp3) is 0.462. The van der Waals surface area contributed by atoms with Crippen LogP contribution < -0.4 is 15.2 Å². The third-order valence-electron chi connectivity index (χ3n) is 3.34. The number of rotatable bonds is 5. The highest BCUT2D eigenvalue weighted by Crippen LogP contribution is 2.34. The minimum atomic E-state index is -3.88. The number of hydrogen-bond acceptors (Lipinski definition) is 4. The van der Waals surface area contributed by atoms with Crippen molar-refractivity contribution in [2.45, 2.75) is 36.6 Å². The summed E-state index contributed by atoms with van der Waals surface area (Å²) < 4.78 is 27.9. The highest BCUT2D eigenvalue weighted by atomic mass is 32.2. The summed E-state index contributed by atoms with van der Waals surface area (Å²) in [5.74, 6) is 0.0429. The zero-order chi connectivity index (χ0) is 15.0. The van der Waals surface area contributed by atoms with Gasteiger partial charge in [-0.3, -0.25) is 4.79 Å². The summed E-state index contributed by atoms with van der Waals surface area (Å²) in [6.07, 6.45) is 2.07. The Hall–Kier alpha value is -1.60. The van der Waals surface area contributed by atoms with E-state index < -0.39 is 10.0 Å². The van der Waals surface area contributed by atoms with Crippen LogP contribution in [0.5, 0.6) is 5.75 Å². The Morgan fingerprint density at radius 1 is 1.45 bits per heavy atom. The number of sulfonamides is 1. The maximum atomic E-state index is 11.9. The van der Waals surface area contributed by atoms with Gasteiger partial charge in [0.1, 0.15) is 10.6 Å². The quantitative estimate of drug-likeness (QED) is 0.829. The molecule has 0 unspecified atom stereocenters. The van der Waals surface area contributed by atoms with Gasteiger partial charge >= 0.3 is 0 Å². The van der Waals surface area contributed by atoms with Crippen molar-refractivity contribution in [1.82, 2.24) is 5.32 Å². The van der Waals surface area contributed by atoms with Gasteiger partial charge in [-0.25, -0.2) is 13.6 Å². The van der Waals surface area contributed by atoms with Crippen molar-refractivity contribution >= 4 is 15.9 Å². The molecule has 0 aliphatic heterocycles. The van der Waals surface area contributed by atoms with Gasteiger partial charge in [0.2, 0.25) is 15.9 Å². The summed E-state index contributed by atoms with van der Waals surface area (Å²) in [7, 11) is -2.52. The Labute approximate surface area is 118 Å². The third kappa shape index (κ3) is 3.49. The second-order valence-electron chi connectivity index (χ2n) is 5.32. The smallest absolute Gasteiger partial charge is 0.241 e. The standard InChI is InChI=1S/C13H18N2O4S/c1-13(5-6-13)15-12(16)8-9-3-4-10(19-2)11(7-9)20(14,17)18/h3-4,7H,5-6,8H2,1-2H3,(H,15,16)(H2,14,17,18).